The Balaban J connectivity index is 0.00000121. The maximum absolute atomic E-state index is 10.1. The summed E-state index contributed by atoms with van der Waals surface area (Å²) < 4.78 is 0. The molecule has 0 spiro atoms. The molecule has 0 bridgehead atoms. The van der Waals surface area contributed by atoms with E-state index < -0.39 is 5.97 Å². The standard InChI is InChI=1S/C7H12N2O2.ClH/c10-7(11)5-9-6-3-1-2-4-8-6;/h1-5H2,(H,8,9)(H,10,11);1H. The third kappa shape index (κ3) is 4.18. The van der Waals surface area contributed by atoms with E-state index in [1.54, 1.807) is 0 Å². The normalized spacial score (nSPS) is 19.5. The van der Waals surface area contributed by atoms with Crippen LogP contribution in [0.4, 0.5) is 0 Å². The van der Waals surface area contributed by atoms with E-state index in [9.17, 15) is 4.79 Å². The second-order valence-corrected chi connectivity index (χ2v) is 2.54. The second-order valence-electron chi connectivity index (χ2n) is 2.54. The lowest BCUT2D eigenvalue weighted by molar-refractivity contribution is -0.135. The smallest absolute Gasteiger partial charge is 0.325 e. The SMILES string of the molecule is Cl.O=C(O)CN=C1CCCCN1. The summed E-state index contributed by atoms with van der Waals surface area (Å²) in [5, 5.41) is 11.4. The van der Waals surface area contributed by atoms with Crippen molar-refractivity contribution in [3.8, 4) is 0 Å². The molecule has 0 amide bonds. The lowest BCUT2D eigenvalue weighted by Gasteiger charge is -2.14. The van der Waals surface area contributed by atoms with Gasteiger partial charge in [-0.1, -0.05) is 0 Å². The molecule has 12 heavy (non-hydrogen) atoms. The highest BCUT2D eigenvalue weighted by Crippen LogP contribution is 2.01. The monoisotopic (exact) mass is 192 g/mol. The summed E-state index contributed by atoms with van der Waals surface area (Å²) >= 11 is 0. The van der Waals surface area contributed by atoms with Crippen molar-refractivity contribution in [2.75, 3.05) is 13.1 Å². The molecule has 1 fully saturated rings. The summed E-state index contributed by atoms with van der Waals surface area (Å²) in [5.74, 6) is -0.0245. The number of carbonyl (C=O) groups is 1. The number of hydrogen-bond acceptors (Lipinski definition) is 2. The molecular weight excluding hydrogens is 180 g/mol. The molecule has 0 aromatic heterocycles. The van der Waals surface area contributed by atoms with Gasteiger partial charge in [-0.2, -0.15) is 0 Å². The van der Waals surface area contributed by atoms with Crippen molar-refractivity contribution in [2.24, 2.45) is 4.99 Å². The average Bonchev–Trinajstić information content (AvgIpc) is 2.03. The maximum Gasteiger partial charge on any atom is 0.325 e. The van der Waals surface area contributed by atoms with Crippen LogP contribution in [0.15, 0.2) is 4.99 Å². The van der Waals surface area contributed by atoms with Crippen LogP contribution in [0.1, 0.15) is 19.3 Å². The number of hydrogen-bond donors (Lipinski definition) is 2. The minimum atomic E-state index is -0.870. The van der Waals surface area contributed by atoms with Crippen LogP contribution >= 0.6 is 12.4 Å². The Morgan fingerprint density at radius 2 is 2.33 bits per heavy atom. The predicted octanol–water partition coefficient (Wildman–Crippen LogP) is 0.665. The molecule has 0 aromatic rings. The van der Waals surface area contributed by atoms with Crippen LogP contribution in [0.3, 0.4) is 0 Å². The topological polar surface area (TPSA) is 61.7 Å². The molecule has 1 saturated heterocycles. The van der Waals surface area contributed by atoms with E-state index in [0.717, 1.165) is 31.6 Å². The summed E-state index contributed by atoms with van der Waals surface area (Å²) in [4.78, 5) is 14.0. The first-order chi connectivity index (χ1) is 5.29. The molecular formula is C7H13ClN2O2. The van der Waals surface area contributed by atoms with Gasteiger partial charge in [-0.3, -0.25) is 9.79 Å². The lowest BCUT2D eigenvalue weighted by atomic mass is 10.1. The van der Waals surface area contributed by atoms with E-state index in [1.807, 2.05) is 0 Å². The predicted molar refractivity (Wildman–Crippen MR) is 49.0 cm³/mol. The fourth-order valence-corrected chi connectivity index (χ4v) is 1.04. The van der Waals surface area contributed by atoms with Crippen LogP contribution in [0, 0.1) is 0 Å². The number of aliphatic imine (C=N–C) groups is 1. The van der Waals surface area contributed by atoms with Gasteiger partial charge in [0.2, 0.25) is 0 Å². The van der Waals surface area contributed by atoms with Gasteiger partial charge in [0.1, 0.15) is 6.54 Å². The van der Waals surface area contributed by atoms with Gasteiger partial charge >= 0.3 is 5.97 Å². The van der Waals surface area contributed by atoms with Crippen molar-refractivity contribution >= 4 is 24.2 Å². The van der Waals surface area contributed by atoms with E-state index in [2.05, 4.69) is 10.3 Å². The first-order valence-corrected chi connectivity index (χ1v) is 3.78. The molecule has 1 heterocycles. The zero-order valence-electron chi connectivity index (χ0n) is 6.75. The third-order valence-electron chi connectivity index (χ3n) is 1.57. The number of nitrogens with one attached hydrogen (secondary N) is 1. The van der Waals surface area contributed by atoms with Crippen molar-refractivity contribution in [3.05, 3.63) is 0 Å². The molecule has 1 aliphatic heterocycles. The van der Waals surface area contributed by atoms with Crippen molar-refractivity contribution in [1.82, 2.24) is 5.32 Å². The zero-order chi connectivity index (χ0) is 8.10. The Morgan fingerprint density at radius 3 is 2.83 bits per heavy atom. The highest BCUT2D eigenvalue weighted by Gasteiger charge is 2.05. The lowest BCUT2D eigenvalue weighted by Crippen LogP contribution is -2.29. The highest BCUT2D eigenvalue weighted by molar-refractivity contribution is 5.85. The first kappa shape index (κ1) is 11.2. The van der Waals surface area contributed by atoms with Crippen molar-refractivity contribution in [2.45, 2.75) is 19.3 Å². The van der Waals surface area contributed by atoms with Crippen LogP contribution < -0.4 is 5.32 Å². The van der Waals surface area contributed by atoms with Gasteiger partial charge in [-0.05, 0) is 12.8 Å². The molecule has 0 aromatic carbocycles. The van der Waals surface area contributed by atoms with Gasteiger partial charge in [0.25, 0.3) is 0 Å². The first-order valence-electron chi connectivity index (χ1n) is 3.78. The Labute approximate surface area is 77.5 Å². The zero-order valence-corrected chi connectivity index (χ0v) is 7.56. The summed E-state index contributed by atoms with van der Waals surface area (Å²) in [6.45, 7) is 0.820. The fraction of sp³-hybridized carbons (Fsp3) is 0.714. The van der Waals surface area contributed by atoms with E-state index in [4.69, 9.17) is 5.11 Å². The van der Waals surface area contributed by atoms with Crippen LogP contribution in [0.2, 0.25) is 0 Å². The molecule has 0 saturated carbocycles. The number of halogens is 1. The number of amidine groups is 1. The molecule has 5 heteroatoms. The number of aliphatic carboxylic acids is 1. The van der Waals surface area contributed by atoms with Gasteiger partial charge in [0.05, 0.1) is 5.84 Å². The van der Waals surface area contributed by atoms with Crippen LogP contribution in [0.5, 0.6) is 0 Å². The van der Waals surface area contributed by atoms with Crippen molar-refractivity contribution < 1.29 is 9.90 Å². The second kappa shape index (κ2) is 5.83. The summed E-state index contributed by atoms with van der Waals surface area (Å²) in [6, 6.07) is 0. The minimum absolute atomic E-state index is 0. The number of rotatable bonds is 2. The van der Waals surface area contributed by atoms with Gasteiger partial charge in [0, 0.05) is 13.0 Å². The Hall–Kier alpha value is -0.770. The Kier molecular flexibility index (Phi) is 5.45. The van der Waals surface area contributed by atoms with Crippen LogP contribution in [-0.4, -0.2) is 30.0 Å². The molecule has 70 valence electrons. The van der Waals surface area contributed by atoms with Crippen molar-refractivity contribution in [3.63, 3.8) is 0 Å². The van der Waals surface area contributed by atoms with Crippen LogP contribution in [0.25, 0.3) is 0 Å². The third-order valence-corrected chi connectivity index (χ3v) is 1.57. The molecule has 0 atom stereocenters. The summed E-state index contributed by atoms with van der Waals surface area (Å²) in [7, 11) is 0. The highest BCUT2D eigenvalue weighted by atomic mass is 35.5. The molecule has 4 nitrogen and oxygen atoms in total. The quantitative estimate of drug-likeness (QED) is 0.676. The largest absolute Gasteiger partial charge is 0.480 e. The number of carboxylic acid groups (broad SMARTS) is 1. The maximum atomic E-state index is 10.1. The molecule has 1 aliphatic rings. The molecule has 0 aliphatic carbocycles. The van der Waals surface area contributed by atoms with Gasteiger partial charge in [0.15, 0.2) is 0 Å². The molecule has 0 unspecified atom stereocenters. The van der Waals surface area contributed by atoms with Crippen molar-refractivity contribution in [1.29, 1.82) is 0 Å². The summed E-state index contributed by atoms with van der Waals surface area (Å²) in [5.41, 5.74) is 0. The van der Waals surface area contributed by atoms with E-state index >= 15 is 0 Å². The molecule has 2 N–H and O–H groups in total. The van der Waals surface area contributed by atoms with E-state index in [-0.39, 0.29) is 19.0 Å². The summed E-state index contributed by atoms with van der Waals surface area (Å²) in [6.07, 6.45) is 3.17. The van der Waals surface area contributed by atoms with E-state index in [1.165, 1.54) is 0 Å². The van der Waals surface area contributed by atoms with Gasteiger partial charge in [-0.15, -0.1) is 12.4 Å². The fourth-order valence-electron chi connectivity index (χ4n) is 1.04. The Bertz CT molecular complexity index is 174. The average molecular weight is 193 g/mol. The number of carboxylic acids is 1. The molecule has 1 rings (SSSR count). The van der Waals surface area contributed by atoms with Gasteiger partial charge in [-0.25, -0.2) is 0 Å². The number of piperidine rings is 1. The minimum Gasteiger partial charge on any atom is -0.480 e. The number of nitrogens with zero attached hydrogens (tertiary/aromatic N) is 1. The van der Waals surface area contributed by atoms with E-state index in [0.29, 0.717) is 0 Å². The Morgan fingerprint density at radius 1 is 1.58 bits per heavy atom. The van der Waals surface area contributed by atoms with Gasteiger partial charge < -0.3 is 10.4 Å². The van der Waals surface area contributed by atoms with Crippen LogP contribution in [-0.2, 0) is 4.79 Å². The molecule has 0 radical (unpaired) electrons.